The molecule has 0 bridgehead atoms. The summed E-state index contributed by atoms with van der Waals surface area (Å²) in [6.07, 6.45) is 3.45. The number of nitro benzene ring substituents is 1. The molecule has 0 aliphatic heterocycles. The summed E-state index contributed by atoms with van der Waals surface area (Å²) in [5.74, 6) is 0.174. The van der Waals surface area contributed by atoms with Gasteiger partial charge in [-0.05, 0) is 30.5 Å². The maximum Gasteiger partial charge on any atom is 0.269 e. The van der Waals surface area contributed by atoms with Crippen molar-refractivity contribution in [3.05, 3.63) is 70.3 Å². The first-order chi connectivity index (χ1) is 11.6. The molecule has 1 N–H and O–H groups in total. The second-order valence-corrected chi connectivity index (χ2v) is 6.16. The first-order valence-electron chi connectivity index (χ1n) is 8.24. The quantitative estimate of drug-likeness (QED) is 0.649. The molecule has 0 spiro atoms. The normalized spacial score (nSPS) is 18.8. The van der Waals surface area contributed by atoms with Crippen LogP contribution in [0.1, 0.15) is 37.3 Å². The second-order valence-electron chi connectivity index (χ2n) is 6.16. The lowest BCUT2D eigenvalue weighted by Crippen LogP contribution is -2.30. The fourth-order valence-electron chi connectivity index (χ4n) is 3.30. The average molecular weight is 324 g/mol. The smallest absolute Gasteiger partial charge is 0.269 e. The molecule has 1 saturated carbocycles. The highest BCUT2D eigenvalue weighted by molar-refractivity contribution is 5.83. The number of nitrogens with zero attached hydrogens (tertiary/aromatic N) is 1. The predicted octanol–water partition coefficient (Wildman–Crippen LogP) is 4.51. The highest BCUT2D eigenvalue weighted by Crippen LogP contribution is 2.35. The van der Waals surface area contributed by atoms with Crippen molar-refractivity contribution < 1.29 is 9.72 Å². The standard InChI is InChI=1S/C19H20N2O3/c22-18-9-5-4-8-17(18)19(20-15-6-2-1-3-7-15)14-10-12-16(13-11-14)21(23)24/h1-3,6-7,10-13,17,19-20H,4-5,8-9H2/t17?,19-/m1/s1. The predicted molar refractivity (Wildman–Crippen MR) is 92.9 cm³/mol. The van der Waals surface area contributed by atoms with Gasteiger partial charge in [0.05, 0.1) is 11.0 Å². The highest BCUT2D eigenvalue weighted by atomic mass is 16.6. The van der Waals surface area contributed by atoms with Crippen molar-refractivity contribution in [2.24, 2.45) is 5.92 Å². The maximum absolute atomic E-state index is 12.4. The van der Waals surface area contributed by atoms with Gasteiger partial charge in [-0.15, -0.1) is 0 Å². The van der Waals surface area contributed by atoms with Crippen LogP contribution in [-0.2, 0) is 4.79 Å². The Hall–Kier alpha value is -2.69. The number of para-hydroxylation sites is 1. The number of hydrogen-bond acceptors (Lipinski definition) is 4. The molecule has 0 radical (unpaired) electrons. The van der Waals surface area contributed by atoms with Crippen LogP contribution in [0.5, 0.6) is 0 Å². The van der Waals surface area contributed by atoms with E-state index in [-0.39, 0.29) is 23.4 Å². The van der Waals surface area contributed by atoms with E-state index in [1.54, 1.807) is 12.1 Å². The molecule has 24 heavy (non-hydrogen) atoms. The SMILES string of the molecule is O=C1CCCCC1[C@H](Nc1ccccc1)c1ccc([N+](=O)[O-])cc1. The highest BCUT2D eigenvalue weighted by Gasteiger charge is 2.31. The van der Waals surface area contributed by atoms with Crippen LogP contribution >= 0.6 is 0 Å². The molecule has 5 nitrogen and oxygen atoms in total. The van der Waals surface area contributed by atoms with Crippen LogP contribution < -0.4 is 5.32 Å². The fourth-order valence-corrected chi connectivity index (χ4v) is 3.30. The van der Waals surface area contributed by atoms with E-state index >= 15 is 0 Å². The molecule has 2 aromatic carbocycles. The number of hydrogen-bond donors (Lipinski definition) is 1. The van der Waals surface area contributed by atoms with Crippen LogP contribution in [0.3, 0.4) is 0 Å². The van der Waals surface area contributed by atoms with E-state index in [0.717, 1.165) is 30.5 Å². The molecular formula is C19H20N2O3. The second kappa shape index (κ2) is 7.25. The number of nitrogens with one attached hydrogen (secondary N) is 1. The zero-order chi connectivity index (χ0) is 16.9. The Morgan fingerprint density at radius 2 is 1.75 bits per heavy atom. The summed E-state index contributed by atoms with van der Waals surface area (Å²) in [4.78, 5) is 22.9. The van der Waals surface area contributed by atoms with Crippen molar-refractivity contribution >= 4 is 17.2 Å². The van der Waals surface area contributed by atoms with Gasteiger partial charge in [-0.3, -0.25) is 14.9 Å². The minimum Gasteiger partial charge on any atom is -0.378 e. The van der Waals surface area contributed by atoms with Crippen molar-refractivity contribution in [2.45, 2.75) is 31.7 Å². The van der Waals surface area contributed by atoms with Crippen molar-refractivity contribution in [1.82, 2.24) is 0 Å². The van der Waals surface area contributed by atoms with Gasteiger partial charge in [-0.1, -0.05) is 36.8 Å². The van der Waals surface area contributed by atoms with Gasteiger partial charge < -0.3 is 5.32 Å². The van der Waals surface area contributed by atoms with Crippen LogP contribution in [0.2, 0.25) is 0 Å². The summed E-state index contributed by atoms with van der Waals surface area (Å²) < 4.78 is 0. The Labute approximate surface area is 140 Å². The summed E-state index contributed by atoms with van der Waals surface area (Å²) in [7, 11) is 0. The van der Waals surface area contributed by atoms with Gasteiger partial charge in [0, 0.05) is 30.2 Å². The molecular weight excluding hydrogens is 304 g/mol. The van der Waals surface area contributed by atoms with Crippen LogP contribution in [0, 0.1) is 16.0 Å². The molecule has 0 heterocycles. The van der Waals surface area contributed by atoms with Gasteiger partial charge in [0.2, 0.25) is 0 Å². The molecule has 1 aliphatic rings. The van der Waals surface area contributed by atoms with E-state index in [1.165, 1.54) is 12.1 Å². The summed E-state index contributed by atoms with van der Waals surface area (Å²) in [6, 6.07) is 16.1. The van der Waals surface area contributed by atoms with E-state index in [2.05, 4.69) is 5.32 Å². The number of carbonyl (C=O) groups is 1. The van der Waals surface area contributed by atoms with E-state index in [9.17, 15) is 14.9 Å². The van der Waals surface area contributed by atoms with Gasteiger partial charge in [-0.25, -0.2) is 0 Å². The number of non-ortho nitro benzene ring substituents is 1. The summed E-state index contributed by atoms with van der Waals surface area (Å²) >= 11 is 0. The molecule has 1 unspecified atom stereocenters. The number of ketones is 1. The molecule has 5 heteroatoms. The third-order valence-corrected chi connectivity index (χ3v) is 4.56. The molecule has 0 aromatic heterocycles. The molecule has 2 aromatic rings. The van der Waals surface area contributed by atoms with Gasteiger partial charge in [0.15, 0.2) is 0 Å². The Bertz CT molecular complexity index is 713. The Balaban J connectivity index is 1.91. The first-order valence-corrected chi connectivity index (χ1v) is 8.24. The Morgan fingerprint density at radius 1 is 1.04 bits per heavy atom. The third kappa shape index (κ3) is 3.62. The minimum absolute atomic E-state index is 0.0622. The van der Waals surface area contributed by atoms with E-state index in [0.29, 0.717) is 6.42 Å². The van der Waals surface area contributed by atoms with Crippen LogP contribution in [-0.4, -0.2) is 10.7 Å². The van der Waals surface area contributed by atoms with Crippen LogP contribution in [0.15, 0.2) is 54.6 Å². The third-order valence-electron chi connectivity index (χ3n) is 4.56. The zero-order valence-electron chi connectivity index (χ0n) is 13.4. The average Bonchev–Trinajstić information content (AvgIpc) is 2.61. The minimum atomic E-state index is -0.408. The lowest BCUT2D eigenvalue weighted by atomic mass is 9.80. The van der Waals surface area contributed by atoms with Gasteiger partial charge >= 0.3 is 0 Å². The van der Waals surface area contributed by atoms with Gasteiger partial charge in [0.1, 0.15) is 5.78 Å². The summed E-state index contributed by atoms with van der Waals surface area (Å²) in [5.41, 5.74) is 1.91. The number of Topliss-reactive ketones (excluding diaryl/α,β-unsaturated/α-hetero) is 1. The summed E-state index contributed by atoms with van der Waals surface area (Å²) in [6.45, 7) is 0. The largest absolute Gasteiger partial charge is 0.378 e. The maximum atomic E-state index is 12.4. The number of carbonyl (C=O) groups excluding carboxylic acids is 1. The van der Waals surface area contributed by atoms with Crippen molar-refractivity contribution in [1.29, 1.82) is 0 Å². The molecule has 0 amide bonds. The molecule has 1 fully saturated rings. The lowest BCUT2D eigenvalue weighted by Gasteiger charge is -2.31. The zero-order valence-corrected chi connectivity index (χ0v) is 13.4. The molecule has 0 saturated heterocycles. The lowest BCUT2D eigenvalue weighted by molar-refractivity contribution is -0.384. The number of benzene rings is 2. The van der Waals surface area contributed by atoms with Crippen LogP contribution in [0.25, 0.3) is 0 Å². The molecule has 2 atom stereocenters. The topological polar surface area (TPSA) is 72.2 Å². The molecule has 1 aliphatic carbocycles. The Morgan fingerprint density at radius 3 is 2.38 bits per heavy atom. The summed E-state index contributed by atoms with van der Waals surface area (Å²) in [5, 5.41) is 14.3. The van der Waals surface area contributed by atoms with Crippen molar-refractivity contribution in [3.8, 4) is 0 Å². The first kappa shape index (κ1) is 16.2. The number of nitro groups is 1. The number of rotatable bonds is 5. The van der Waals surface area contributed by atoms with Crippen molar-refractivity contribution in [3.63, 3.8) is 0 Å². The van der Waals surface area contributed by atoms with E-state index in [1.807, 2.05) is 30.3 Å². The fraction of sp³-hybridized carbons (Fsp3) is 0.316. The van der Waals surface area contributed by atoms with E-state index < -0.39 is 4.92 Å². The molecule has 3 rings (SSSR count). The van der Waals surface area contributed by atoms with Crippen molar-refractivity contribution in [2.75, 3.05) is 5.32 Å². The van der Waals surface area contributed by atoms with E-state index in [4.69, 9.17) is 0 Å². The monoisotopic (exact) mass is 324 g/mol. The Kier molecular flexibility index (Phi) is 4.89. The number of anilines is 1. The van der Waals surface area contributed by atoms with Gasteiger partial charge in [-0.2, -0.15) is 0 Å². The van der Waals surface area contributed by atoms with Crippen LogP contribution in [0.4, 0.5) is 11.4 Å². The molecule has 124 valence electrons. The van der Waals surface area contributed by atoms with Gasteiger partial charge in [0.25, 0.3) is 5.69 Å².